The second-order valence-electron chi connectivity index (χ2n) is 7.01. The molecule has 0 saturated carbocycles. The molecule has 0 saturated heterocycles. The van der Waals surface area contributed by atoms with Crippen LogP contribution in [0.5, 0.6) is 0 Å². The zero-order valence-electron chi connectivity index (χ0n) is 15.2. The van der Waals surface area contributed by atoms with Crippen molar-refractivity contribution in [3.8, 4) is 0 Å². The number of carboxylic acid groups (broad SMARTS) is 1. The zero-order chi connectivity index (χ0) is 19.3. The molecular weight excluding hydrogens is 344 g/mol. The Labute approximate surface area is 151 Å². The third-order valence-electron chi connectivity index (χ3n) is 3.61. The van der Waals surface area contributed by atoms with Gasteiger partial charge >= 0.3 is 12.1 Å². The van der Waals surface area contributed by atoms with E-state index in [2.05, 4.69) is 10.6 Å². The van der Waals surface area contributed by atoms with Crippen molar-refractivity contribution in [2.24, 2.45) is 0 Å². The lowest BCUT2D eigenvalue weighted by Gasteiger charge is -2.31. The number of hydrogen-bond acceptors (Lipinski definition) is 5. The second kappa shape index (κ2) is 8.33. The van der Waals surface area contributed by atoms with Crippen molar-refractivity contribution in [1.82, 2.24) is 10.6 Å². The third kappa shape index (κ3) is 6.74. The van der Waals surface area contributed by atoms with Crippen molar-refractivity contribution in [3.05, 3.63) is 22.4 Å². The summed E-state index contributed by atoms with van der Waals surface area (Å²) < 4.78 is 5.18. The highest BCUT2D eigenvalue weighted by Crippen LogP contribution is 2.15. The van der Waals surface area contributed by atoms with Gasteiger partial charge in [0.2, 0.25) is 5.91 Å². The van der Waals surface area contributed by atoms with Crippen LogP contribution in [0.4, 0.5) is 4.79 Å². The van der Waals surface area contributed by atoms with Crippen LogP contribution < -0.4 is 10.6 Å². The number of thiophene rings is 1. The van der Waals surface area contributed by atoms with Crippen molar-refractivity contribution in [1.29, 1.82) is 0 Å². The molecule has 0 aliphatic rings. The van der Waals surface area contributed by atoms with Gasteiger partial charge in [0.25, 0.3) is 0 Å². The van der Waals surface area contributed by atoms with Crippen LogP contribution in [-0.4, -0.2) is 40.3 Å². The minimum Gasteiger partial charge on any atom is -0.480 e. The fraction of sp³-hybridized carbons (Fsp3) is 0.588. The Hall–Kier alpha value is -2.09. The molecule has 0 bridgehead atoms. The third-order valence-corrected chi connectivity index (χ3v) is 4.34. The number of carboxylic acids is 1. The van der Waals surface area contributed by atoms with Gasteiger partial charge in [-0.1, -0.05) is 6.92 Å². The molecule has 0 spiro atoms. The number of aliphatic carboxylic acids is 1. The maximum absolute atomic E-state index is 12.6. The van der Waals surface area contributed by atoms with Crippen molar-refractivity contribution < 1.29 is 24.2 Å². The van der Waals surface area contributed by atoms with Crippen molar-refractivity contribution in [2.75, 3.05) is 0 Å². The SMILES string of the molecule is CCC(C)(NC(=O)OC(C)(C)C)C(=O)N[C@H](Cc1ccsc1)C(=O)O. The largest absolute Gasteiger partial charge is 0.480 e. The molecule has 7 nitrogen and oxygen atoms in total. The number of nitrogens with one attached hydrogen (secondary N) is 2. The van der Waals surface area contributed by atoms with E-state index in [1.54, 1.807) is 27.7 Å². The lowest BCUT2D eigenvalue weighted by Crippen LogP contribution is -2.60. The van der Waals surface area contributed by atoms with Crippen LogP contribution in [0, 0.1) is 0 Å². The Morgan fingerprint density at radius 3 is 2.36 bits per heavy atom. The molecule has 0 radical (unpaired) electrons. The molecule has 0 aliphatic carbocycles. The van der Waals surface area contributed by atoms with Crippen molar-refractivity contribution >= 4 is 29.3 Å². The highest BCUT2D eigenvalue weighted by atomic mass is 32.1. The number of carbonyl (C=O) groups is 3. The molecular formula is C17H26N2O5S. The number of alkyl carbamates (subject to hydrolysis) is 1. The quantitative estimate of drug-likeness (QED) is 0.684. The first-order chi connectivity index (χ1) is 11.5. The van der Waals surface area contributed by atoms with Gasteiger partial charge in [-0.25, -0.2) is 9.59 Å². The van der Waals surface area contributed by atoms with Crippen LogP contribution in [0.15, 0.2) is 16.8 Å². The number of rotatable bonds is 7. The maximum Gasteiger partial charge on any atom is 0.408 e. The van der Waals surface area contributed by atoms with Gasteiger partial charge in [0.05, 0.1) is 0 Å². The van der Waals surface area contributed by atoms with E-state index in [0.29, 0.717) is 0 Å². The lowest BCUT2D eigenvalue weighted by atomic mass is 9.96. The lowest BCUT2D eigenvalue weighted by molar-refractivity contribution is -0.142. The number of ether oxygens (including phenoxy) is 1. The summed E-state index contributed by atoms with van der Waals surface area (Å²) in [5.74, 6) is -1.70. The van der Waals surface area contributed by atoms with Crippen LogP contribution in [0.3, 0.4) is 0 Å². The van der Waals surface area contributed by atoms with E-state index in [1.807, 2.05) is 16.8 Å². The van der Waals surface area contributed by atoms with E-state index in [4.69, 9.17) is 4.74 Å². The summed E-state index contributed by atoms with van der Waals surface area (Å²) in [6.45, 7) is 8.42. The smallest absolute Gasteiger partial charge is 0.408 e. The molecule has 0 fully saturated rings. The molecule has 1 heterocycles. The normalized spacial score (nSPS) is 14.9. The average molecular weight is 370 g/mol. The van der Waals surface area contributed by atoms with E-state index in [-0.39, 0.29) is 12.8 Å². The van der Waals surface area contributed by atoms with E-state index in [9.17, 15) is 19.5 Å². The predicted octanol–water partition coefficient (Wildman–Crippen LogP) is 2.55. The number of hydrogen-bond donors (Lipinski definition) is 3. The summed E-state index contributed by atoms with van der Waals surface area (Å²) in [6, 6.07) is 0.735. The van der Waals surface area contributed by atoms with Gasteiger partial charge in [0.1, 0.15) is 17.2 Å². The molecule has 1 unspecified atom stereocenters. The summed E-state index contributed by atoms with van der Waals surface area (Å²) >= 11 is 1.46. The summed E-state index contributed by atoms with van der Waals surface area (Å²) in [5, 5.41) is 18.1. The molecule has 3 N–H and O–H groups in total. The minimum absolute atomic E-state index is 0.177. The molecule has 140 valence electrons. The van der Waals surface area contributed by atoms with E-state index in [0.717, 1.165) is 5.56 Å². The summed E-state index contributed by atoms with van der Waals surface area (Å²) in [5.41, 5.74) is -1.14. The second-order valence-corrected chi connectivity index (χ2v) is 7.79. The number of carbonyl (C=O) groups excluding carboxylic acids is 2. The van der Waals surface area contributed by atoms with Crippen LogP contribution in [-0.2, 0) is 20.7 Å². The van der Waals surface area contributed by atoms with Gasteiger partial charge in [-0.05, 0) is 56.5 Å². The highest BCUT2D eigenvalue weighted by molar-refractivity contribution is 7.07. The van der Waals surface area contributed by atoms with Crippen LogP contribution >= 0.6 is 11.3 Å². The zero-order valence-corrected chi connectivity index (χ0v) is 16.0. The molecule has 1 aromatic rings. The highest BCUT2D eigenvalue weighted by Gasteiger charge is 2.37. The van der Waals surface area contributed by atoms with Crippen LogP contribution in [0.1, 0.15) is 46.6 Å². The van der Waals surface area contributed by atoms with Gasteiger partial charge < -0.3 is 20.5 Å². The Bertz CT molecular complexity index is 609. The number of amides is 2. The molecule has 8 heteroatoms. The van der Waals surface area contributed by atoms with Gasteiger partial charge in [-0.3, -0.25) is 4.79 Å². The topological polar surface area (TPSA) is 105 Å². The van der Waals surface area contributed by atoms with Gasteiger partial charge in [-0.15, -0.1) is 0 Å². The molecule has 1 rings (SSSR count). The van der Waals surface area contributed by atoms with Crippen LogP contribution in [0.25, 0.3) is 0 Å². The summed E-state index contributed by atoms with van der Waals surface area (Å²) in [4.78, 5) is 36.0. The first-order valence-corrected chi connectivity index (χ1v) is 8.97. The first kappa shape index (κ1) is 21.0. The monoisotopic (exact) mass is 370 g/mol. The Morgan fingerprint density at radius 1 is 1.28 bits per heavy atom. The Morgan fingerprint density at radius 2 is 1.92 bits per heavy atom. The van der Waals surface area contributed by atoms with Gasteiger partial charge in [0.15, 0.2) is 0 Å². The van der Waals surface area contributed by atoms with Gasteiger partial charge in [-0.2, -0.15) is 11.3 Å². The van der Waals surface area contributed by atoms with Crippen LogP contribution in [0.2, 0.25) is 0 Å². The van der Waals surface area contributed by atoms with Crippen molar-refractivity contribution in [2.45, 2.75) is 64.6 Å². The van der Waals surface area contributed by atoms with E-state index >= 15 is 0 Å². The molecule has 1 aromatic heterocycles. The summed E-state index contributed by atoms with van der Waals surface area (Å²) in [7, 11) is 0. The standard InChI is InChI=1S/C17H26N2O5S/c1-6-17(5,19-15(23)24-16(2,3)4)14(22)18-12(13(20)21)9-11-7-8-25-10-11/h7-8,10,12H,6,9H2,1-5H3,(H,18,22)(H,19,23)(H,20,21)/t12-,17?/m1/s1. The average Bonchev–Trinajstić information content (AvgIpc) is 2.96. The summed E-state index contributed by atoms with van der Waals surface area (Å²) in [6.07, 6.45) is -0.267. The van der Waals surface area contributed by atoms with Gasteiger partial charge in [0, 0.05) is 6.42 Å². The molecule has 25 heavy (non-hydrogen) atoms. The first-order valence-electron chi connectivity index (χ1n) is 8.03. The Kier molecular flexibility index (Phi) is 6.98. The van der Waals surface area contributed by atoms with Crippen molar-refractivity contribution in [3.63, 3.8) is 0 Å². The molecule has 0 aliphatic heterocycles. The predicted molar refractivity (Wildman–Crippen MR) is 95.7 cm³/mol. The molecule has 2 atom stereocenters. The molecule has 0 aromatic carbocycles. The van der Waals surface area contributed by atoms with E-state index in [1.165, 1.54) is 18.3 Å². The Balaban J connectivity index is 2.80. The fourth-order valence-corrected chi connectivity index (χ4v) is 2.68. The molecule has 2 amide bonds. The maximum atomic E-state index is 12.6. The van der Waals surface area contributed by atoms with E-state index < -0.39 is 35.2 Å². The minimum atomic E-state index is -1.27. The fourth-order valence-electron chi connectivity index (χ4n) is 2.00.